The number of aliphatic hydroxyl groups excluding tert-OH is 1. The predicted molar refractivity (Wildman–Crippen MR) is 220 cm³/mol. The molecule has 8 heteroatoms. The fourth-order valence-corrected chi connectivity index (χ4v) is 14.8. The van der Waals surface area contributed by atoms with Crippen LogP contribution in [-0.2, 0) is 30.0 Å². The number of halogens is 1. The van der Waals surface area contributed by atoms with E-state index >= 15 is 0 Å². The SMILES string of the molecule is COC(=O)/C=C(\O)[C@@]1(C)[C@H]2[C@H](C(Br)=C[C@H]1/C(C)=C/COCOCc1ccccc1)[C@@H](O[Si](c1ccccc1)(c1ccccc1)C(C)(C)C)[C@@H](C)C[C@@H]2C. The third-order valence-corrected chi connectivity index (χ3v) is 17.5. The summed E-state index contributed by atoms with van der Waals surface area (Å²) in [6.07, 6.45) is 6.29. The average molecular weight is 802 g/mol. The first-order chi connectivity index (χ1) is 25.3. The Morgan fingerprint density at radius 2 is 1.49 bits per heavy atom. The molecule has 5 rings (SSSR count). The van der Waals surface area contributed by atoms with Gasteiger partial charge in [-0.25, -0.2) is 4.79 Å². The molecule has 2 aliphatic rings. The van der Waals surface area contributed by atoms with Gasteiger partial charge in [0.05, 0.1) is 32.5 Å². The number of rotatable bonds is 13. The number of esters is 1. The molecule has 0 saturated heterocycles. The fourth-order valence-electron chi connectivity index (χ4n) is 9.23. The Bertz CT molecular complexity index is 1710. The topological polar surface area (TPSA) is 74.2 Å². The highest BCUT2D eigenvalue weighted by atomic mass is 79.9. The number of aliphatic hydroxyl groups is 1. The number of benzene rings is 3. The minimum Gasteiger partial charge on any atom is -0.511 e. The molecule has 0 heterocycles. The molecule has 3 aromatic rings. The summed E-state index contributed by atoms with van der Waals surface area (Å²) in [5, 5.41) is 14.4. The van der Waals surface area contributed by atoms with Crippen LogP contribution in [0.3, 0.4) is 0 Å². The van der Waals surface area contributed by atoms with Crippen LogP contribution in [0.4, 0.5) is 0 Å². The Morgan fingerprint density at radius 3 is 2.04 bits per heavy atom. The van der Waals surface area contributed by atoms with Gasteiger partial charge in [-0.3, -0.25) is 0 Å². The van der Waals surface area contributed by atoms with Gasteiger partial charge in [0, 0.05) is 17.3 Å². The summed E-state index contributed by atoms with van der Waals surface area (Å²) in [4.78, 5) is 12.7. The average Bonchev–Trinajstić information content (AvgIpc) is 3.14. The lowest BCUT2D eigenvalue weighted by Gasteiger charge is -2.59. The Balaban J connectivity index is 1.56. The van der Waals surface area contributed by atoms with Crippen molar-refractivity contribution in [3.05, 3.63) is 131 Å². The van der Waals surface area contributed by atoms with Crippen LogP contribution < -0.4 is 10.4 Å². The van der Waals surface area contributed by atoms with Gasteiger partial charge in [0.25, 0.3) is 8.32 Å². The molecule has 0 aromatic heterocycles. The molecule has 0 aliphatic heterocycles. The van der Waals surface area contributed by atoms with Gasteiger partial charge >= 0.3 is 5.97 Å². The van der Waals surface area contributed by atoms with E-state index in [1.807, 2.05) is 30.3 Å². The first-order valence-electron chi connectivity index (χ1n) is 18.8. The predicted octanol–water partition coefficient (Wildman–Crippen LogP) is 9.51. The Hall–Kier alpha value is -3.27. The minimum atomic E-state index is -2.94. The molecule has 0 spiro atoms. The van der Waals surface area contributed by atoms with Crippen molar-refractivity contribution in [2.24, 2.45) is 35.0 Å². The molecule has 7 atom stereocenters. The van der Waals surface area contributed by atoms with Crippen LogP contribution in [-0.4, -0.2) is 46.0 Å². The second-order valence-electron chi connectivity index (χ2n) is 16.1. The molecule has 284 valence electrons. The van der Waals surface area contributed by atoms with Crippen molar-refractivity contribution in [1.82, 2.24) is 0 Å². The molecule has 3 aromatic carbocycles. The van der Waals surface area contributed by atoms with Crippen LogP contribution in [0.2, 0.25) is 5.04 Å². The number of carbonyl (C=O) groups excluding carboxylic acids is 1. The third-order valence-electron chi connectivity index (χ3n) is 11.7. The van der Waals surface area contributed by atoms with Crippen molar-refractivity contribution in [3.63, 3.8) is 0 Å². The van der Waals surface area contributed by atoms with Crippen LogP contribution in [0.1, 0.15) is 60.5 Å². The fraction of sp³-hybridized carbons (Fsp3) is 0.444. The lowest BCUT2D eigenvalue weighted by molar-refractivity contribution is -0.135. The van der Waals surface area contributed by atoms with Gasteiger partial charge in [-0.15, -0.1) is 0 Å². The van der Waals surface area contributed by atoms with E-state index in [2.05, 4.69) is 137 Å². The van der Waals surface area contributed by atoms with Crippen molar-refractivity contribution < 1.29 is 28.5 Å². The van der Waals surface area contributed by atoms with E-state index in [0.717, 1.165) is 22.0 Å². The minimum absolute atomic E-state index is 0.0195. The summed E-state index contributed by atoms with van der Waals surface area (Å²) in [6, 6.07) is 31.6. The van der Waals surface area contributed by atoms with Crippen molar-refractivity contribution >= 4 is 40.6 Å². The maximum atomic E-state index is 12.7. The van der Waals surface area contributed by atoms with Gasteiger partial charge in [-0.1, -0.05) is 166 Å². The monoisotopic (exact) mass is 800 g/mol. The zero-order valence-corrected chi connectivity index (χ0v) is 35.1. The Morgan fingerprint density at radius 1 is 0.925 bits per heavy atom. The number of fused-ring (bicyclic) bond motifs is 1. The molecular formula is C45H57BrO6Si. The van der Waals surface area contributed by atoms with Crippen LogP contribution in [0.5, 0.6) is 0 Å². The maximum absolute atomic E-state index is 12.7. The van der Waals surface area contributed by atoms with E-state index in [1.165, 1.54) is 23.6 Å². The summed E-state index contributed by atoms with van der Waals surface area (Å²) < 4.78 is 25.7. The van der Waals surface area contributed by atoms with Crippen LogP contribution in [0.25, 0.3) is 0 Å². The standard InChI is InChI=1S/C45H57BrO6Si/c1-31(24-25-50-30-51-29-34-18-12-9-13-19-34)37-27-38(46)41-42(45(37,7)39(47)28-40(48)49-8)32(2)26-33(3)43(41)52-53(44(4,5)6,35-20-14-10-15-21-35)36-22-16-11-17-23-36/h9-24,27-28,32-33,37,41-43,47H,25-26,29-30H2,1-8H3/b31-24+,39-28-/t32-,33-,37-,41-,42+,43-,45-/m0/s1. The normalized spacial score (nSPS) is 26.8. The first-order valence-corrected chi connectivity index (χ1v) is 21.5. The van der Waals surface area contributed by atoms with Crippen molar-refractivity contribution in [2.45, 2.75) is 72.6 Å². The van der Waals surface area contributed by atoms with E-state index in [9.17, 15) is 9.90 Å². The summed E-state index contributed by atoms with van der Waals surface area (Å²) in [5.74, 6) is -0.534. The van der Waals surface area contributed by atoms with E-state index in [0.29, 0.717) is 13.2 Å². The van der Waals surface area contributed by atoms with E-state index < -0.39 is 19.7 Å². The second kappa shape index (κ2) is 17.5. The summed E-state index contributed by atoms with van der Waals surface area (Å²) in [5.41, 5.74) is 1.27. The number of hydrogen-bond donors (Lipinski definition) is 1. The Labute approximate surface area is 326 Å². The quantitative estimate of drug-likeness (QED) is 0.0353. The highest BCUT2D eigenvalue weighted by molar-refractivity contribution is 9.11. The number of carbonyl (C=O) groups is 1. The second-order valence-corrected chi connectivity index (χ2v) is 21.3. The number of allylic oxidation sites excluding steroid dienone is 3. The van der Waals surface area contributed by atoms with E-state index in [4.69, 9.17) is 18.6 Å². The third kappa shape index (κ3) is 8.52. The molecule has 0 bridgehead atoms. The highest BCUT2D eigenvalue weighted by Crippen LogP contribution is 2.62. The summed E-state index contributed by atoms with van der Waals surface area (Å²) in [6.45, 7) is 16.7. The molecule has 0 unspecified atom stereocenters. The molecule has 6 nitrogen and oxygen atoms in total. The summed E-state index contributed by atoms with van der Waals surface area (Å²) in [7, 11) is -1.60. The van der Waals surface area contributed by atoms with Gasteiger partial charge in [0.2, 0.25) is 0 Å². The van der Waals surface area contributed by atoms with Crippen molar-refractivity contribution in [1.29, 1.82) is 0 Å². The van der Waals surface area contributed by atoms with Crippen LogP contribution >= 0.6 is 15.9 Å². The summed E-state index contributed by atoms with van der Waals surface area (Å²) >= 11 is 4.12. The van der Waals surface area contributed by atoms with Gasteiger partial charge < -0.3 is 23.7 Å². The molecule has 1 fully saturated rings. The van der Waals surface area contributed by atoms with Crippen molar-refractivity contribution in [2.75, 3.05) is 20.5 Å². The molecule has 1 N–H and O–H groups in total. The zero-order chi connectivity index (χ0) is 38.4. The highest BCUT2D eigenvalue weighted by Gasteiger charge is 2.61. The molecule has 0 radical (unpaired) electrons. The molecule has 53 heavy (non-hydrogen) atoms. The smallest absolute Gasteiger partial charge is 0.333 e. The van der Waals surface area contributed by atoms with Crippen LogP contribution in [0, 0.1) is 35.0 Å². The lowest BCUT2D eigenvalue weighted by Crippen LogP contribution is -2.69. The molecule has 2 aliphatic carbocycles. The Kier molecular flexibility index (Phi) is 13.5. The van der Waals surface area contributed by atoms with Crippen molar-refractivity contribution in [3.8, 4) is 0 Å². The van der Waals surface area contributed by atoms with Gasteiger partial charge in [0.1, 0.15) is 12.6 Å². The van der Waals surface area contributed by atoms with E-state index in [-0.39, 0.29) is 53.3 Å². The van der Waals surface area contributed by atoms with Gasteiger partial charge in [-0.2, -0.15) is 0 Å². The largest absolute Gasteiger partial charge is 0.511 e. The number of ether oxygens (including phenoxy) is 3. The molecule has 1 saturated carbocycles. The number of methoxy groups -OCH3 is 1. The van der Waals surface area contributed by atoms with Crippen LogP contribution in [0.15, 0.2) is 125 Å². The number of hydrogen-bond acceptors (Lipinski definition) is 6. The van der Waals surface area contributed by atoms with Gasteiger partial charge in [-0.05, 0) is 56.6 Å². The zero-order valence-electron chi connectivity index (χ0n) is 32.6. The molecular weight excluding hydrogens is 744 g/mol. The maximum Gasteiger partial charge on any atom is 0.333 e. The van der Waals surface area contributed by atoms with E-state index in [1.54, 1.807) is 0 Å². The van der Waals surface area contributed by atoms with Gasteiger partial charge in [0.15, 0.2) is 0 Å². The first kappa shape index (κ1) is 40.9. The lowest BCUT2D eigenvalue weighted by atomic mass is 9.50. The molecule has 0 amide bonds.